The van der Waals surface area contributed by atoms with Crippen molar-refractivity contribution >= 4 is 34.6 Å². The van der Waals surface area contributed by atoms with Gasteiger partial charge in [-0.2, -0.15) is 5.26 Å². The predicted octanol–water partition coefficient (Wildman–Crippen LogP) is 4.11. The molecule has 0 saturated carbocycles. The van der Waals surface area contributed by atoms with Gasteiger partial charge in [0.1, 0.15) is 6.07 Å². The molecule has 0 spiro atoms. The van der Waals surface area contributed by atoms with E-state index in [-0.39, 0.29) is 12.5 Å². The van der Waals surface area contributed by atoms with Crippen LogP contribution in [0, 0.1) is 25.2 Å². The Bertz CT molecular complexity index is 1020. The fourth-order valence-electron chi connectivity index (χ4n) is 2.58. The number of ether oxygens (including phenoxy) is 2. The van der Waals surface area contributed by atoms with Crippen molar-refractivity contribution in [1.29, 1.82) is 5.26 Å². The Morgan fingerprint density at radius 3 is 2.79 bits per heavy atom. The lowest BCUT2D eigenvalue weighted by Crippen LogP contribution is -2.19. The minimum absolute atomic E-state index is 0.0622. The molecule has 0 aromatic heterocycles. The highest BCUT2D eigenvalue weighted by atomic mass is 32.2. The fourth-order valence-corrected chi connectivity index (χ4v) is 3.42. The zero-order valence-corrected chi connectivity index (χ0v) is 16.6. The number of nitrogens with one attached hydrogen (secondary N) is 1. The van der Waals surface area contributed by atoms with Crippen LogP contribution in [0.3, 0.4) is 0 Å². The minimum Gasteiger partial charge on any atom is -0.493 e. The second-order valence-electron chi connectivity index (χ2n) is 6.13. The van der Waals surface area contributed by atoms with Gasteiger partial charge in [0.05, 0.1) is 17.7 Å². The molecule has 1 amide bonds. The molecule has 2 aromatic rings. The summed E-state index contributed by atoms with van der Waals surface area (Å²) in [7, 11) is 1.53. The van der Waals surface area contributed by atoms with Crippen LogP contribution >= 0.6 is 11.8 Å². The summed E-state index contributed by atoms with van der Waals surface area (Å²) in [6.07, 6.45) is 1.77. The van der Waals surface area contributed by atoms with Gasteiger partial charge in [0.15, 0.2) is 23.3 Å². The predicted molar refractivity (Wildman–Crippen MR) is 111 cm³/mol. The summed E-state index contributed by atoms with van der Waals surface area (Å²) in [4.78, 5) is 17.4. The maximum absolute atomic E-state index is 12.3. The molecule has 0 radical (unpaired) electrons. The second kappa shape index (κ2) is 8.63. The minimum atomic E-state index is -0.196. The van der Waals surface area contributed by atoms with E-state index < -0.39 is 0 Å². The number of aliphatic imine (C=N–C) groups is 1. The van der Waals surface area contributed by atoms with Crippen LogP contribution in [0.15, 0.2) is 46.3 Å². The van der Waals surface area contributed by atoms with Crippen molar-refractivity contribution in [1.82, 2.24) is 5.32 Å². The number of hydrogen-bond donors (Lipinski definition) is 1. The summed E-state index contributed by atoms with van der Waals surface area (Å²) < 4.78 is 10.6. The topological polar surface area (TPSA) is 83.7 Å². The van der Waals surface area contributed by atoms with Crippen LogP contribution in [0.5, 0.6) is 11.5 Å². The molecular formula is C21H19N3O3S. The normalized spacial score (nSPS) is 16.1. The van der Waals surface area contributed by atoms with Crippen LogP contribution in [0.1, 0.15) is 16.7 Å². The molecule has 1 N–H and O–H groups in total. The molecule has 0 bridgehead atoms. The highest BCUT2D eigenvalue weighted by Crippen LogP contribution is 2.32. The first-order valence-corrected chi connectivity index (χ1v) is 9.36. The fraction of sp³-hybridized carbons (Fsp3) is 0.190. The van der Waals surface area contributed by atoms with E-state index in [0.717, 1.165) is 22.4 Å². The lowest BCUT2D eigenvalue weighted by Gasteiger charge is -2.09. The standard InChI is InChI=1S/C21H19N3O3S/c1-13-4-5-14(2)16(10-13)23-21-24-20(25)19(28-21)12-15-6-7-17(27-9-8-22)18(11-15)26-3/h4-7,10-12H,9H2,1-3H3,(H,23,24,25)/b19-12+. The Kier molecular flexibility index (Phi) is 6.02. The van der Waals surface area contributed by atoms with E-state index in [1.165, 1.54) is 18.9 Å². The third-order valence-electron chi connectivity index (χ3n) is 4.02. The number of aryl methyl sites for hydroxylation is 2. The molecule has 6 nitrogen and oxygen atoms in total. The molecule has 142 valence electrons. The Morgan fingerprint density at radius 2 is 2.04 bits per heavy atom. The summed E-state index contributed by atoms with van der Waals surface area (Å²) >= 11 is 1.29. The Labute approximate surface area is 167 Å². The summed E-state index contributed by atoms with van der Waals surface area (Å²) in [5, 5.41) is 12.0. The van der Waals surface area contributed by atoms with Gasteiger partial charge in [0, 0.05) is 0 Å². The number of thioether (sulfide) groups is 1. The first kappa shape index (κ1) is 19.5. The number of nitrogens with zero attached hydrogens (tertiary/aromatic N) is 2. The number of benzene rings is 2. The Balaban J connectivity index is 1.83. The van der Waals surface area contributed by atoms with Gasteiger partial charge in [0.2, 0.25) is 0 Å². The van der Waals surface area contributed by atoms with Gasteiger partial charge in [-0.15, -0.1) is 0 Å². The molecular weight excluding hydrogens is 374 g/mol. The van der Waals surface area contributed by atoms with Crippen LogP contribution in [0.4, 0.5) is 5.69 Å². The quantitative estimate of drug-likeness (QED) is 0.773. The lowest BCUT2D eigenvalue weighted by atomic mass is 10.1. The highest BCUT2D eigenvalue weighted by Gasteiger charge is 2.24. The van der Waals surface area contributed by atoms with Gasteiger partial charge in [-0.25, -0.2) is 4.99 Å². The maximum Gasteiger partial charge on any atom is 0.264 e. The number of nitriles is 1. The van der Waals surface area contributed by atoms with Crippen LogP contribution in [-0.2, 0) is 4.79 Å². The van der Waals surface area contributed by atoms with Gasteiger partial charge >= 0.3 is 0 Å². The zero-order chi connectivity index (χ0) is 20.1. The first-order valence-electron chi connectivity index (χ1n) is 8.55. The average Bonchev–Trinajstić information content (AvgIpc) is 3.02. The van der Waals surface area contributed by atoms with Crippen molar-refractivity contribution in [3.05, 3.63) is 58.0 Å². The van der Waals surface area contributed by atoms with E-state index in [9.17, 15) is 4.79 Å². The molecule has 3 rings (SSSR count). The molecule has 7 heteroatoms. The maximum atomic E-state index is 12.3. The number of amides is 1. The first-order chi connectivity index (χ1) is 13.5. The number of hydrogen-bond acceptors (Lipinski definition) is 6. The summed E-state index contributed by atoms with van der Waals surface area (Å²) in [5.41, 5.74) is 3.78. The molecule has 1 aliphatic heterocycles. The van der Waals surface area contributed by atoms with Crippen molar-refractivity contribution in [2.75, 3.05) is 13.7 Å². The van der Waals surface area contributed by atoms with Crippen LogP contribution in [-0.4, -0.2) is 24.8 Å². The van der Waals surface area contributed by atoms with Crippen LogP contribution in [0.25, 0.3) is 6.08 Å². The Morgan fingerprint density at radius 1 is 1.21 bits per heavy atom. The van der Waals surface area contributed by atoms with Gasteiger partial charge in [-0.3, -0.25) is 4.79 Å². The summed E-state index contributed by atoms with van der Waals surface area (Å²) in [6.45, 7) is 3.93. The number of methoxy groups -OCH3 is 1. The third-order valence-corrected chi connectivity index (χ3v) is 4.93. The number of amidine groups is 1. The van der Waals surface area contributed by atoms with Crippen molar-refractivity contribution in [3.63, 3.8) is 0 Å². The second-order valence-corrected chi connectivity index (χ2v) is 7.16. The highest BCUT2D eigenvalue weighted by molar-refractivity contribution is 8.18. The molecule has 0 atom stereocenters. The van der Waals surface area contributed by atoms with Crippen molar-refractivity contribution in [3.8, 4) is 17.6 Å². The molecule has 1 fully saturated rings. The zero-order valence-electron chi connectivity index (χ0n) is 15.8. The van der Waals surface area contributed by atoms with E-state index in [1.807, 2.05) is 38.1 Å². The molecule has 28 heavy (non-hydrogen) atoms. The van der Waals surface area contributed by atoms with Gasteiger partial charge in [-0.05, 0) is 66.6 Å². The number of rotatable bonds is 5. The van der Waals surface area contributed by atoms with Gasteiger partial charge in [0.25, 0.3) is 5.91 Å². The van der Waals surface area contributed by atoms with Crippen molar-refractivity contribution in [2.24, 2.45) is 4.99 Å². The SMILES string of the molecule is COc1cc(/C=C2/SC(=Nc3cc(C)ccc3C)NC2=O)ccc1OCC#N. The number of carbonyl (C=O) groups excluding carboxylic acids is 1. The number of carbonyl (C=O) groups is 1. The molecule has 0 unspecified atom stereocenters. The van der Waals surface area contributed by atoms with Gasteiger partial charge in [-0.1, -0.05) is 18.2 Å². The lowest BCUT2D eigenvalue weighted by molar-refractivity contribution is -0.115. The molecule has 1 saturated heterocycles. The van der Waals surface area contributed by atoms with Crippen molar-refractivity contribution in [2.45, 2.75) is 13.8 Å². The van der Waals surface area contributed by atoms with Gasteiger partial charge < -0.3 is 14.8 Å². The summed E-state index contributed by atoms with van der Waals surface area (Å²) in [6, 6.07) is 13.2. The van der Waals surface area contributed by atoms with E-state index in [1.54, 1.807) is 24.3 Å². The summed E-state index contributed by atoms with van der Waals surface area (Å²) in [5.74, 6) is 0.780. The molecule has 1 aliphatic rings. The monoisotopic (exact) mass is 393 g/mol. The largest absolute Gasteiger partial charge is 0.493 e. The Hall–Kier alpha value is -3.24. The average molecular weight is 393 g/mol. The molecule has 0 aliphatic carbocycles. The van der Waals surface area contributed by atoms with Crippen LogP contribution < -0.4 is 14.8 Å². The van der Waals surface area contributed by atoms with E-state index in [2.05, 4.69) is 10.3 Å². The van der Waals surface area contributed by atoms with E-state index in [0.29, 0.717) is 21.6 Å². The van der Waals surface area contributed by atoms with E-state index >= 15 is 0 Å². The van der Waals surface area contributed by atoms with Crippen LogP contribution in [0.2, 0.25) is 0 Å². The van der Waals surface area contributed by atoms with E-state index in [4.69, 9.17) is 14.7 Å². The third kappa shape index (κ3) is 4.53. The van der Waals surface area contributed by atoms with Crippen molar-refractivity contribution < 1.29 is 14.3 Å². The molecule has 1 heterocycles. The smallest absolute Gasteiger partial charge is 0.264 e. The molecule has 2 aromatic carbocycles.